The predicted octanol–water partition coefficient (Wildman–Crippen LogP) is 6.49. The van der Waals surface area contributed by atoms with E-state index in [0.717, 1.165) is 5.56 Å². The van der Waals surface area contributed by atoms with Gasteiger partial charge in [-0.2, -0.15) is 0 Å². The van der Waals surface area contributed by atoms with Crippen LogP contribution in [0.5, 0.6) is 0 Å². The lowest BCUT2D eigenvalue weighted by atomic mass is 9.93. The Hall–Kier alpha value is -3.12. The van der Waals surface area contributed by atoms with Crippen molar-refractivity contribution in [3.05, 3.63) is 109 Å². The van der Waals surface area contributed by atoms with Gasteiger partial charge in [-0.1, -0.05) is 97.1 Å². The van der Waals surface area contributed by atoms with Crippen LogP contribution in [0.1, 0.15) is 0 Å². The smallest absolute Gasteiger partial charge is 0.00928 e. The number of hydrogen-bond acceptors (Lipinski definition) is 0. The standard InChI is InChI=1S/C24H17/c1-3-10-19(11-4-1)21-14-9-15-22(18-21)24-17-8-7-16-23(24)20-12-5-2-6-13-20/h1-14,16-18H. The van der Waals surface area contributed by atoms with Crippen LogP contribution >= 0.6 is 0 Å². The third kappa shape index (κ3) is 2.87. The summed E-state index contributed by atoms with van der Waals surface area (Å²) in [7, 11) is 0. The van der Waals surface area contributed by atoms with Crippen LogP contribution in [0.25, 0.3) is 33.4 Å². The highest BCUT2D eigenvalue weighted by atomic mass is 14.1. The molecule has 0 atom stereocenters. The van der Waals surface area contributed by atoms with E-state index in [1.54, 1.807) is 0 Å². The maximum Gasteiger partial charge on any atom is -0.00928 e. The third-order valence-corrected chi connectivity index (χ3v) is 4.21. The highest BCUT2D eigenvalue weighted by Gasteiger charge is 2.08. The van der Waals surface area contributed by atoms with Crippen molar-refractivity contribution in [1.82, 2.24) is 0 Å². The van der Waals surface area contributed by atoms with E-state index in [0.29, 0.717) is 0 Å². The molecule has 0 bridgehead atoms. The van der Waals surface area contributed by atoms with Gasteiger partial charge in [-0.3, -0.25) is 0 Å². The molecule has 113 valence electrons. The highest BCUT2D eigenvalue weighted by molar-refractivity contribution is 5.85. The molecule has 0 heteroatoms. The van der Waals surface area contributed by atoms with E-state index in [9.17, 15) is 0 Å². The Morgan fingerprint density at radius 3 is 1.75 bits per heavy atom. The highest BCUT2D eigenvalue weighted by Crippen LogP contribution is 2.33. The first-order valence-electron chi connectivity index (χ1n) is 8.14. The summed E-state index contributed by atoms with van der Waals surface area (Å²) in [6, 6.07) is 39.3. The molecule has 0 spiro atoms. The second-order valence-electron chi connectivity index (χ2n) is 5.77. The molecule has 0 nitrogen and oxygen atoms in total. The van der Waals surface area contributed by atoms with Crippen LogP contribution in [0.4, 0.5) is 0 Å². The minimum absolute atomic E-state index is 1.12. The fourth-order valence-electron chi connectivity index (χ4n) is 3.02. The van der Waals surface area contributed by atoms with Crippen LogP contribution in [0.3, 0.4) is 0 Å². The lowest BCUT2D eigenvalue weighted by molar-refractivity contribution is 1.56. The first-order valence-corrected chi connectivity index (χ1v) is 8.14. The molecule has 0 aromatic heterocycles. The molecule has 4 aromatic carbocycles. The molecule has 4 aromatic rings. The van der Waals surface area contributed by atoms with E-state index in [2.05, 4.69) is 91.0 Å². The molecular weight excluding hydrogens is 288 g/mol. The maximum absolute atomic E-state index is 3.41. The van der Waals surface area contributed by atoms with Crippen molar-refractivity contribution >= 4 is 0 Å². The second kappa shape index (κ2) is 6.55. The zero-order chi connectivity index (χ0) is 16.2. The second-order valence-corrected chi connectivity index (χ2v) is 5.77. The molecule has 0 aliphatic carbocycles. The van der Waals surface area contributed by atoms with Gasteiger partial charge in [-0.15, -0.1) is 0 Å². The van der Waals surface area contributed by atoms with Gasteiger partial charge < -0.3 is 0 Å². The lowest BCUT2D eigenvalue weighted by Gasteiger charge is -2.11. The Kier molecular flexibility index (Phi) is 3.95. The Bertz CT molecular complexity index is 938. The van der Waals surface area contributed by atoms with Crippen molar-refractivity contribution in [3.63, 3.8) is 0 Å². The molecule has 0 heterocycles. The van der Waals surface area contributed by atoms with Crippen molar-refractivity contribution in [2.75, 3.05) is 0 Å². The van der Waals surface area contributed by atoms with Gasteiger partial charge in [0, 0.05) is 0 Å². The maximum atomic E-state index is 3.41. The normalized spacial score (nSPS) is 10.5. The minimum Gasteiger partial charge on any atom is -0.0622 e. The van der Waals surface area contributed by atoms with E-state index >= 15 is 0 Å². The molecule has 0 saturated carbocycles. The average Bonchev–Trinajstić information content (AvgIpc) is 2.69. The summed E-state index contributed by atoms with van der Waals surface area (Å²) >= 11 is 0. The Morgan fingerprint density at radius 2 is 1.04 bits per heavy atom. The molecule has 0 saturated heterocycles. The van der Waals surface area contributed by atoms with Crippen LogP contribution in [0.2, 0.25) is 0 Å². The zero-order valence-electron chi connectivity index (χ0n) is 13.3. The average molecular weight is 305 g/mol. The van der Waals surface area contributed by atoms with E-state index in [1.165, 1.54) is 27.8 Å². The van der Waals surface area contributed by atoms with Crippen LogP contribution in [0, 0.1) is 6.07 Å². The first-order chi connectivity index (χ1) is 11.9. The molecule has 0 aliphatic heterocycles. The van der Waals surface area contributed by atoms with Gasteiger partial charge >= 0.3 is 0 Å². The van der Waals surface area contributed by atoms with E-state index in [4.69, 9.17) is 0 Å². The monoisotopic (exact) mass is 305 g/mol. The molecule has 0 fully saturated rings. The molecule has 0 aliphatic rings. The fraction of sp³-hybridized carbons (Fsp3) is 0. The Balaban J connectivity index is 1.84. The van der Waals surface area contributed by atoms with Gasteiger partial charge in [0.2, 0.25) is 0 Å². The first kappa shape index (κ1) is 14.5. The molecular formula is C24H17. The van der Waals surface area contributed by atoms with E-state index < -0.39 is 0 Å². The number of benzene rings is 4. The van der Waals surface area contributed by atoms with Crippen LogP contribution in [0.15, 0.2) is 103 Å². The predicted molar refractivity (Wildman–Crippen MR) is 102 cm³/mol. The molecule has 0 unspecified atom stereocenters. The van der Waals surface area contributed by atoms with Crippen molar-refractivity contribution in [2.45, 2.75) is 0 Å². The largest absolute Gasteiger partial charge is 0.0622 e. The summed E-state index contributed by atoms with van der Waals surface area (Å²) in [6.07, 6.45) is 0. The van der Waals surface area contributed by atoms with Crippen LogP contribution < -0.4 is 0 Å². The van der Waals surface area contributed by atoms with Gasteiger partial charge in [-0.25, -0.2) is 0 Å². The van der Waals surface area contributed by atoms with Gasteiger partial charge in [-0.05, 0) is 45.5 Å². The summed E-state index contributed by atoms with van der Waals surface area (Å²) in [4.78, 5) is 0. The van der Waals surface area contributed by atoms with Crippen molar-refractivity contribution in [2.24, 2.45) is 0 Å². The van der Waals surface area contributed by atoms with Gasteiger partial charge in [0.05, 0.1) is 0 Å². The van der Waals surface area contributed by atoms with E-state index in [1.807, 2.05) is 18.2 Å². The quantitative estimate of drug-likeness (QED) is 0.406. The summed E-state index contributed by atoms with van der Waals surface area (Å²) < 4.78 is 0. The zero-order valence-corrected chi connectivity index (χ0v) is 13.3. The third-order valence-electron chi connectivity index (χ3n) is 4.21. The summed E-state index contributed by atoms with van der Waals surface area (Å²) in [5.74, 6) is 0. The Labute approximate surface area is 143 Å². The number of rotatable bonds is 3. The van der Waals surface area contributed by atoms with Crippen LogP contribution in [-0.4, -0.2) is 0 Å². The van der Waals surface area contributed by atoms with Crippen molar-refractivity contribution < 1.29 is 0 Å². The molecule has 24 heavy (non-hydrogen) atoms. The molecule has 1 radical (unpaired) electrons. The number of hydrogen-bond donors (Lipinski definition) is 0. The summed E-state index contributed by atoms with van der Waals surface area (Å²) in [5.41, 5.74) is 7.24. The van der Waals surface area contributed by atoms with E-state index in [-0.39, 0.29) is 0 Å². The van der Waals surface area contributed by atoms with Gasteiger partial charge in [0.1, 0.15) is 0 Å². The molecule has 0 amide bonds. The molecule has 0 N–H and O–H groups in total. The SMILES string of the molecule is [c]1ccc(-c2ccccc2)cc1-c1ccccc1-c1ccccc1. The fourth-order valence-corrected chi connectivity index (χ4v) is 3.02. The molecule has 4 rings (SSSR count). The van der Waals surface area contributed by atoms with Gasteiger partial charge in [0.25, 0.3) is 0 Å². The van der Waals surface area contributed by atoms with Crippen LogP contribution in [-0.2, 0) is 0 Å². The Morgan fingerprint density at radius 1 is 0.458 bits per heavy atom. The summed E-state index contributed by atoms with van der Waals surface area (Å²) in [6.45, 7) is 0. The van der Waals surface area contributed by atoms with Crippen molar-refractivity contribution in [3.8, 4) is 33.4 Å². The minimum atomic E-state index is 1.12. The summed E-state index contributed by atoms with van der Waals surface area (Å²) in [5, 5.41) is 0. The topological polar surface area (TPSA) is 0 Å². The lowest BCUT2D eigenvalue weighted by Crippen LogP contribution is -1.86. The van der Waals surface area contributed by atoms with Gasteiger partial charge in [0.15, 0.2) is 0 Å². The van der Waals surface area contributed by atoms with Crippen molar-refractivity contribution in [1.29, 1.82) is 0 Å².